The standard InChI is InChI=1S/C18H21N5O2/c24-15-5-3-13(4-6-15)14-7-10-22(11-8-14)18(25)19-12-17-21-20-16-2-1-9-23(16)17/h3-7,24H,1-2,8-12H2,(H,19,25). The van der Waals surface area contributed by atoms with Crippen molar-refractivity contribution in [2.75, 3.05) is 13.1 Å². The Morgan fingerprint density at radius 2 is 2.00 bits per heavy atom. The van der Waals surface area contributed by atoms with Gasteiger partial charge in [0.05, 0.1) is 6.54 Å². The zero-order valence-corrected chi connectivity index (χ0v) is 14.0. The highest BCUT2D eigenvalue weighted by atomic mass is 16.3. The van der Waals surface area contributed by atoms with Crippen molar-refractivity contribution < 1.29 is 9.90 Å². The Morgan fingerprint density at radius 1 is 1.16 bits per heavy atom. The summed E-state index contributed by atoms with van der Waals surface area (Å²) in [5.74, 6) is 2.11. The molecular weight excluding hydrogens is 318 g/mol. The second-order valence-corrected chi connectivity index (χ2v) is 6.42. The molecule has 1 aromatic carbocycles. The average molecular weight is 339 g/mol. The molecule has 2 N–H and O–H groups in total. The van der Waals surface area contributed by atoms with Gasteiger partial charge in [-0.1, -0.05) is 18.2 Å². The lowest BCUT2D eigenvalue weighted by Crippen LogP contribution is -2.42. The summed E-state index contributed by atoms with van der Waals surface area (Å²) in [6.45, 7) is 2.61. The molecule has 2 aliphatic heterocycles. The first kappa shape index (κ1) is 15.7. The molecule has 3 heterocycles. The van der Waals surface area contributed by atoms with Gasteiger partial charge in [0.2, 0.25) is 0 Å². The zero-order chi connectivity index (χ0) is 17.2. The Balaban J connectivity index is 1.34. The summed E-state index contributed by atoms with van der Waals surface area (Å²) in [6, 6.07) is 7.11. The van der Waals surface area contributed by atoms with Crippen molar-refractivity contribution in [3.63, 3.8) is 0 Å². The molecule has 2 amide bonds. The van der Waals surface area contributed by atoms with Crippen molar-refractivity contribution in [1.82, 2.24) is 25.0 Å². The molecule has 0 aliphatic carbocycles. The molecule has 7 heteroatoms. The van der Waals surface area contributed by atoms with Crippen molar-refractivity contribution in [2.45, 2.75) is 32.4 Å². The second kappa shape index (κ2) is 6.58. The number of hydrogen-bond acceptors (Lipinski definition) is 4. The molecule has 130 valence electrons. The van der Waals surface area contributed by atoms with Crippen molar-refractivity contribution in [3.8, 4) is 5.75 Å². The Labute approximate surface area is 146 Å². The van der Waals surface area contributed by atoms with Gasteiger partial charge in [-0.05, 0) is 36.1 Å². The first-order valence-corrected chi connectivity index (χ1v) is 8.63. The Morgan fingerprint density at radius 3 is 2.76 bits per heavy atom. The fourth-order valence-corrected chi connectivity index (χ4v) is 3.40. The SMILES string of the molecule is O=C(NCc1nnc2n1CCC2)N1CC=C(c2ccc(O)cc2)CC1. The summed E-state index contributed by atoms with van der Waals surface area (Å²) < 4.78 is 2.10. The number of phenolic OH excluding ortho intramolecular Hbond substituents is 1. The molecular formula is C18H21N5O2. The minimum Gasteiger partial charge on any atom is -0.508 e. The lowest BCUT2D eigenvalue weighted by molar-refractivity contribution is 0.202. The summed E-state index contributed by atoms with van der Waals surface area (Å²) in [5.41, 5.74) is 2.30. The topological polar surface area (TPSA) is 83.3 Å². The maximum absolute atomic E-state index is 12.4. The van der Waals surface area contributed by atoms with Gasteiger partial charge in [0, 0.05) is 26.1 Å². The summed E-state index contributed by atoms with van der Waals surface area (Å²) in [7, 11) is 0. The van der Waals surface area contributed by atoms with Gasteiger partial charge >= 0.3 is 6.03 Å². The normalized spacial score (nSPS) is 16.5. The van der Waals surface area contributed by atoms with E-state index in [1.54, 1.807) is 17.0 Å². The van der Waals surface area contributed by atoms with Crippen LogP contribution in [-0.4, -0.2) is 43.9 Å². The molecule has 0 saturated heterocycles. The monoisotopic (exact) mass is 339 g/mol. The van der Waals surface area contributed by atoms with Crippen LogP contribution in [0.25, 0.3) is 5.57 Å². The van der Waals surface area contributed by atoms with E-state index in [1.165, 1.54) is 5.57 Å². The number of aromatic nitrogens is 3. The third-order valence-corrected chi connectivity index (χ3v) is 4.82. The number of fused-ring (bicyclic) bond motifs is 1. The minimum atomic E-state index is -0.0728. The first-order valence-electron chi connectivity index (χ1n) is 8.63. The molecule has 4 rings (SSSR count). The number of urea groups is 1. The molecule has 0 bridgehead atoms. The van der Waals surface area contributed by atoms with Crippen LogP contribution in [0.5, 0.6) is 5.75 Å². The number of nitrogens with one attached hydrogen (secondary N) is 1. The fourth-order valence-electron chi connectivity index (χ4n) is 3.40. The first-order chi connectivity index (χ1) is 12.2. The van der Waals surface area contributed by atoms with Gasteiger partial charge in [0.15, 0.2) is 5.82 Å². The largest absolute Gasteiger partial charge is 0.508 e. The quantitative estimate of drug-likeness (QED) is 0.895. The van der Waals surface area contributed by atoms with Crippen molar-refractivity contribution >= 4 is 11.6 Å². The van der Waals surface area contributed by atoms with E-state index in [2.05, 4.69) is 26.2 Å². The van der Waals surface area contributed by atoms with Crippen LogP contribution in [0.3, 0.4) is 0 Å². The number of aromatic hydroxyl groups is 1. The summed E-state index contributed by atoms with van der Waals surface area (Å²) in [4.78, 5) is 14.2. The highest BCUT2D eigenvalue weighted by Crippen LogP contribution is 2.24. The van der Waals surface area contributed by atoms with Crippen LogP contribution in [0.1, 0.15) is 30.1 Å². The number of phenols is 1. The highest BCUT2D eigenvalue weighted by molar-refractivity contribution is 5.76. The maximum atomic E-state index is 12.4. The lowest BCUT2D eigenvalue weighted by Gasteiger charge is -2.26. The molecule has 0 fully saturated rings. The predicted molar refractivity (Wildman–Crippen MR) is 92.9 cm³/mol. The number of aryl methyl sites for hydroxylation is 1. The number of carbonyl (C=O) groups excluding carboxylic acids is 1. The van der Waals surface area contributed by atoms with Gasteiger partial charge in [-0.3, -0.25) is 0 Å². The lowest BCUT2D eigenvalue weighted by atomic mass is 9.99. The van der Waals surface area contributed by atoms with E-state index in [9.17, 15) is 9.90 Å². The zero-order valence-electron chi connectivity index (χ0n) is 14.0. The van der Waals surface area contributed by atoms with E-state index in [4.69, 9.17) is 0 Å². The van der Waals surface area contributed by atoms with Crippen LogP contribution in [-0.2, 0) is 19.5 Å². The molecule has 0 radical (unpaired) electrons. The van der Waals surface area contributed by atoms with Crippen LogP contribution >= 0.6 is 0 Å². The van der Waals surface area contributed by atoms with Gasteiger partial charge in [0.1, 0.15) is 11.6 Å². The van der Waals surface area contributed by atoms with Gasteiger partial charge in [-0.2, -0.15) is 0 Å². The molecule has 0 saturated carbocycles. The van der Waals surface area contributed by atoms with Gasteiger partial charge in [0.25, 0.3) is 0 Å². The van der Waals surface area contributed by atoms with Crippen LogP contribution in [0.4, 0.5) is 4.79 Å². The van der Waals surface area contributed by atoms with Gasteiger partial charge in [-0.25, -0.2) is 4.79 Å². The Bertz CT molecular complexity index is 809. The van der Waals surface area contributed by atoms with Crippen molar-refractivity contribution in [3.05, 3.63) is 47.6 Å². The number of benzene rings is 1. The summed E-state index contributed by atoms with van der Waals surface area (Å²) >= 11 is 0. The average Bonchev–Trinajstić information content (AvgIpc) is 3.25. The predicted octanol–water partition coefficient (Wildman–Crippen LogP) is 1.93. The summed E-state index contributed by atoms with van der Waals surface area (Å²) in [5, 5.41) is 20.6. The fraction of sp³-hybridized carbons (Fsp3) is 0.389. The highest BCUT2D eigenvalue weighted by Gasteiger charge is 2.20. The van der Waals surface area contributed by atoms with Crippen molar-refractivity contribution in [1.29, 1.82) is 0 Å². The van der Waals surface area contributed by atoms with E-state index >= 15 is 0 Å². The smallest absolute Gasteiger partial charge is 0.318 e. The number of nitrogens with zero attached hydrogens (tertiary/aromatic N) is 4. The maximum Gasteiger partial charge on any atom is 0.318 e. The Kier molecular flexibility index (Phi) is 4.13. The van der Waals surface area contributed by atoms with Crippen LogP contribution in [0.2, 0.25) is 0 Å². The third kappa shape index (κ3) is 3.22. The molecule has 0 unspecified atom stereocenters. The van der Waals surface area contributed by atoms with Crippen LogP contribution < -0.4 is 5.32 Å². The molecule has 0 spiro atoms. The van der Waals surface area contributed by atoms with Crippen molar-refractivity contribution in [2.24, 2.45) is 0 Å². The number of carbonyl (C=O) groups is 1. The van der Waals surface area contributed by atoms with Crippen LogP contribution in [0.15, 0.2) is 30.3 Å². The Hall–Kier alpha value is -2.83. The molecule has 25 heavy (non-hydrogen) atoms. The van der Waals surface area contributed by atoms with Gasteiger partial charge < -0.3 is 19.9 Å². The molecule has 1 aromatic heterocycles. The van der Waals surface area contributed by atoms with E-state index < -0.39 is 0 Å². The number of amides is 2. The van der Waals surface area contributed by atoms with E-state index in [0.29, 0.717) is 19.6 Å². The summed E-state index contributed by atoms with van der Waals surface area (Å²) in [6.07, 6.45) is 4.95. The third-order valence-electron chi connectivity index (χ3n) is 4.82. The number of rotatable bonds is 3. The molecule has 7 nitrogen and oxygen atoms in total. The molecule has 2 aliphatic rings. The van der Waals surface area contributed by atoms with E-state index in [0.717, 1.165) is 43.0 Å². The second-order valence-electron chi connectivity index (χ2n) is 6.42. The minimum absolute atomic E-state index is 0.0728. The van der Waals surface area contributed by atoms with Gasteiger partial charge in [-0.15, -0.1) is 10.2 Å². The van der Waals surface area contributed by atoms with Crippen LogP contribution in [0, 0.1) is 0 Å². The van der Waals surface area contributed by atoms with E-state index in [1.807, 2.05) is 12.1 Å². The molecule has 2 aromatic rings. The van der Waals surface area contributed by atoms with E-state index in [-0.39, 0.29) is 11.8 Å². The number of hydrogen-bond donors (Lipinski definition) is 2. The molecule has 0 atom stereocenters.